The lowest BCUT2D eigenvalue weighted by atomic mass is 10.1. The number of halogens is 1. The molecular weight excluding hydrogens is 398 g/mol. The van der Waals surface area contributed by atoms with Crippen molar-refractivity contribution in [2.45, 2.75) is 6.92 Å². The number of hydrogen-bond acceptors (Lipinski definition) is 4. The van der Waals surface area contributed by atoms with E-state index in [0.717, 1.165) is 10.0 Å². The van der Waals surface area contributed by atoms with Gasteiger partial charge in [0.2, 0.25) is 0 Å². The SMILES string of the molecule is CCNC(=O)COc1ccc(/C=C/C(=O)c2ccc(Br)cc2)cc1OC. The van der Waals surface area contributed by atoms with E-state index in [1.54, 1.807) is 36.4 Å². The molecule has 0 aliphatic heterocycles. The summed E-state index contributed by atoms with van der Waals surface area (Å²) < 4.78 is 11.7. The van der Waals surface area contributed by atoms with E-state index in [1.807, 2.05) is 19.1 Å². The maximum absolute atomic E-state index is 12.2. The Balaban J connectivity index is 2.07. The summed E-state index contributed by atoms with van der Waals surface area (Å²) in [5.74, 6) is 0.675. The summed E-state index contributed by atoms with van der Waals surface area (Å²) >= 11 is 3.34. The summed E-state index contributed by atoms with van der Waals surface area (Å²) in [7, 11) is 1.52. The van der Waals surface area contributed by atoms with Crippen molar-refractivity contribution in [2.75, 3.05) is 20.3 Å². The van der Waals surface area contributed by atoms with E-state index in [2.05, 4.69) is 21.2 Å². The first-order chi connectivity index (χ1) is 12.5. The van der Waals surface area contributed by atoms with Gasteiger partial charge in [-0.25, -0.2) is 0 Å². The number of methoxy groups -OCH3 is 1. The summed E-state index contributed by atoms with van der Waals surface area (Å²) in [4.78, 5) is 23.7. The highest BCUT2D eigenvalue weighted by Gasteiger charge is 2.08. The number of carbonyl (C=O) groups excluding carboxylic acids is 2. The van der Waals surface area contributed by atoms with E-state index in [1.165, 1.54) is 13.2 Å². The Morgan fingerprint density at radius 1 is 1.12 bits per heavy atom. The molecule has 26 heavy (non-hydrogen) atoms. The quantitative estimate of drug-likeness (QED) is 0.522. The van der Waals surface area contributed by atoms with Crippen LogP contribution < -0.4 is 14.8 Å². The highest BCUT2D eigenvalue weighted by molar-refractivity contribution is 9.10. The molecule has 0 aliphatic carbocycles. The van der Waals surface area contributed by atoms with E-state index < -0.39 is 0 Å². The van der Waals surface area contributed by atoms with Crippen LogP contribution >= 0.6 is 15.9 Å². The topological polar surface area (TPSA) is 64.6 Å². The lowest BCUT2D eigenvalue weighted by Crippen LogP contribution is -2.28. The largest absolute Gasteiger partial charge is 0.493 e. The molecule has 0 atom stereocenters. The normalized spacial score (nSPS) is 10.6. The zero-order valence-electron chi connectivity index (χ0n) is 14.6. The molecule has 0 spiro atoms. The van der Waals surface area contributed by atoms with Crippen LogP contribution in [0, 0.1) is 0 Å². The Bertz CT molecular complexity index is 800. The fourth-order valence-corrected chi connectivity index (χ4v) is 2.45. The number of rotatable bonds is 8. The number of ether oxygens (including phenoxy) is 2. The second-order valence-corrected chi connectivity index (χ2v) is 6.27. The van der Waals surface area contributed by atoms with Crippen molar-refractivity contribution in [3.8, 4) is 11.5 Å². The monoisotopic (exact) mass is 417 g/mol. The van der Waals surface area contributed by atoms with Crippen molar-refractivity contribution in [3.05, 3.63) is 64.1 Å². The van der Waals surface area contributed by atoms with Gasteiger partial charge in [-0.15, -0.1) is 0 Å². The van der Waals surface area contributed by atoms with Gasteiger partial charge in [-0.2, -0.15) is 0 Å². The number of likely N-dealkylation sites (N-methyl/N-ethyl adjacent to an activating group) is 1. The molecule has 0 aromatic heterocycles. The van der Waals surface area contributed by atoms with Crippen molar-refractivity contribution in [1.82, 2.24) is 5.32 Å². The number of benzene rings is 2. The van der Waals surface area contributed by atoms with Crippen molar-refractivity contribution in [2.24, 2.45) is 0 Å². The lowest BCUT2D eigenvalue weighted by Gasteiger charge is -2.11. The highest BCUT2D eigenvalue weighted by Crippen LogP contribution is 2.28. The maximum Gasteiger partial charge on any atom is 0.257 e. The number of nitrogens with one attached hydrogen (secondary N) is 1. The Morgan fingerprint density at radius 3 is 2.50 bits per heavy atom. The molecule has 0 saturated heterocycles. The first kappa shape index (κ1) is 19.7. The molecule has 0 heterocycles. The molecule has 2 aromatic carbocycles. The van der Waals surface area contributed by atoms with Crippen LogP contribution in [0.1, 0.15) is 22.8 Å². The van der Waals surface area contributed by atoms with Gasteiger partial charge in [-0.05, 0) is 55.0 Å². The molecule has 0 fully saturated rings. The van der Waals surface area contributed by atoms with Gasteiger partial charge in [0.05, 0.1) is 7.11 Å². The second kappa shape index (κ2) is 9.77. The van der Waals surface area contributed by atoms with Crippen molar-refractivity contribution in [1.29, 1.82) is 0 Å². The second-order valence-electron chi connectivity index (χ2n) is 5.36. The number of hydrogen-bond donors (Lipinski definition) is 1. The molecule has 1 amide bonds. The van der Waals surface area contributed by atoms with Crippen molar-refractivity contribution in [3.63, 3.8) is 0 Å². The Morgan fingerprint density at radius 2 is 1.85 bits per heavy atom. The smallest absolute Gasteiger partial charge is 0.257 e. The molecule has 136 valence electrons. The van der Waals surface area contributed by atoms with Gasteiger partial charge in [0.15, 0.2) is 23.9 Å². The fraction of sp³-hybridized carbons (Fsp3) is 0.200. The molecule has 0 radical (unpaired) electrons. The summed E-state index contributed by atoms with van der Waals surface area (Å²) in [6.07, 6.45) is 3.22. The predicted octanol–water partition coefficient (Wildman–Crippen LogP) is 3.87. The average Bonchev–Trinajstić information content (AvgIpc) is 2.65. The predicted molar refractivity (Wildman–Crippen MR) is 105 cm³/mol. The van der Waals surface area contributed by atoms with Gasteiger partial charge in [0.1, 0.15) is 0 Å². The zero-order valence-corrected chi connectivity index (χ0v) is 16.2. The molecular formula is C20H20BrNO4. The minimum absolute atomic E-state index is 0.0819. The molecule has 0 bridgehead atoms. The lowest BCUT2D eigenvalue weighted by molar-refractivity contribution is -0.123. The maximum atomic E-state index is 12.2. The molecule has 0 saturated carbocycles. The van der Waals surface area contributed by atoms with Gasteiger partial charge in [-0.1, -0.05) is 28.1 Å². The van der Waals surface area contributed by atoms with Gasteiger partial charge >= 0.3 is 0 Å². The average molecular weight is 418 g/mol. The molecule has 0 aliphatic rings. The van der Waals surface area contributed by atoms with Crippen LogP contribution in [0.2, 0.25) is 0 Å². The van der Waals surface area contributed by atoms with Crippen molar-refractivity contribution < 1.29 is 19.1 Å². The molecule has 1 N–H and O–H groups in total. The summed E-state index contributed by atoms with van der Waals surface area (Å²) in [6.45, 7) is 2.31. The van der Waals surface area contributed by atoms with Crippen LogP contribution in [0.3, 0.4) is 0 Å². The Hall–Kier alpha value is -2.60. The van der Waals surface area contributed by atoms with Gasteiger partial charge in [0, 0.05) is 16.6 Å². The zero-order chi connectivity index (χ0) is 18.9. The third kappa shape index (κ3) is 5.74. The minimum Gasteiger partial charge on any atom is -0.493 e. The molecule has 6 heteroatoms. The van der Waals surface area contributed by atoms with E-state index >= 15 is 0 Å². The fourth-order valence-electron chi connectivity index (χ4n) is 2.18. The number of allylic oxidation sites excluding steroid dienone is 1. The molecule has 2 rings (SSSR count). The van der Waals surface area contributed by atoms with Crippen LogP contribution in [-0.2, 0) is 4.79 Å². The standard InChI is InChI=1S/C20H20BrNO4/c1-3-22-20(24)13-26-18-11-5-14(12-19(18)25-2)4-10-17(23)15-6-8-16(21)9-7-15/h4-12H,3,13H2,1-2H3,(H,22,24)/b10-4+. The Kier molecular flexibility index (Phi) is 7.41. The van der Waals surface area contributed by atoms with Gasteiger partial charge < -0.3 is 14.8 Å². The van der Waals surface area contributed by atoms with Crippen LogP contribution in [0.5, 0.6) is 11.5 Å². The van der Waals surface area contributed by atoms with Crippen LogP contribution in [0.25, 0.3) is 6.08 Å². The third-order valence-electron chi connectivity index (χ3n) is 3.48. The summed E-state index contributed by atoms with van der Waals surface area (Å²) in [5, 5.41) is 2.66. The van der Waals surface area contributed by atoms with E-state index in [9.17, 15) is 9.59 Å². The first-order valence-electron chi connectivity index (χ1n) is 8.09. The number of carbonyl (C=O) groups is 2. The Labute approximate surface area is 161 Å². The molecule has 0 unspecified atom stereocenters. The van der Waals surface area contributed by atoms with Gasteiger partial charge in [-0.3, -0.25) is 9.59 Å². The third-order valence-corrected chi connectivity index (χ3v) is 4.00. The first-order valence-corrected chi connectivity index (χ1v) is 8.88. The molecule has 2 aromatic rings. The number of amides is 1. The number of ketones is 1. The van der Waals surface area contributed by atoms with Crippen LogP contribution in [0.4, 0.5) is 0 Å². The highest BCUT2D eigenvalue weighted by atomic mass is 79.9. The van der Waals surface area contributed by atoms with E-state index in [0.29, 0.717) is 23.6 Å². The van der Waals surface area contributed by atoms with Crippen LogP contribution in [-0.4, -0.2) is 32.0 Å². The summed E-state index contributed by atoms with van der Waals surface area (Å²) in [5.41, 5.74) is 1.40. The van der Waals surface area contributed by atoms with E-state index in [4.69, 9.17) is 9.47 Å². The van der Waals surface area contributed by atoms with Gasteiger partial charge in [0.25, 0.3) is 5.91 Å². The minimum atomic E-state index is -0.196. The summed E-state index contributed by atoms with van der Waals surface area (Å²) in [6, 6.07) is 12.4. The van der Waals surface area contributed by atoms with Crippen LogP contribution in [0.15, 0.2) is 53.0 Å². The molecule has 5 nitrogen and oxygen atoms in total. The van der Waals surface area contributed by atoms with Crippen molar-refractivity contribution >= 4 is 33.7 Å². The van der Waals surface area contributed by atoms with E-state index in [-0.39, 0.29) is 18.3 Å².